The van der Waals surface area contributed by atoms with E-state index in [1.807, 2.05) is 47.7 Å². The summed E-state index contributed by atoms with van der Waals surface area (Å²) >= 11 is 1.86. The molecule has 12 rings (SSSR count). The number of thiophene rings is 1. The summed E-state index contributed by atoms with van der Waals surface area (Å²) in [6.07, 6.45) is 0. The fourth-order valence-corrected chi connectivity index (χ4v) is 9.94. The van der Waals surface area contributed by atoms with Crippen LogP contribution in [0.15, 0.2) is 217 Å². The third kappa shape index (κ3) is 6.35. The number of furan rings is 1. The average Bonchev–Trinajstić information content (AvgIpc) is 3.93. The van der Waals surface area contributed by atoms with Crippen molar-refractivity contribution in [2.24, 2.45) is 0 Å². The van der Waals surface area contributed by atoms with Crippen LogP contribution in [0.3, 0.4) is 0 Å². The first kappa shape index (κ1) is 35.9. The fourth-order valence-electron chi connectivity index (χ4n) is 8.70. The molecule has 0 saturated carbocycles. The van der Waals surface area contributed by atoms with Crippen molar-refractivity contribution in [1.82, 2.24) is 15.0 Å². The summed E-state index contributed by atoms with van der Waals surface area (Å²) in [5, 5.41) is 4.59. The molecule has 0 fully saturated rings. The van der Waals surface area contributed by atoms with Gasteiger partial charge in [-0.25, -0.2) is 15.0 Å². The van der Waals surface area contributed by atoms with Crippen LogP contribution in [-0.2, 0) is 0 Å². The molecule has 9 aromatic carbocycles. The van der Waals surface area contributed by atoms with Crippen LogP contribution in [0.4, 0.5) is 0 Å². The van der Waals surface area contributed by atoms with Gasteiger partial charge in [0.15, 0.2) is 17.5 Å². The first-order valence-corrected chi connectivity index (χ1v) is 21.6. The van der Waals surface area contributed by atoms with Gasteiger partial charge in [0.05, 0.1) is 0 Å². The molecule has 0 atom stereocenters. The Hall–Kier alpha value is -7.99. The summed E-state index contributed by atoms with van der Waals surface area (Å²) in [5.41, 5.74) is 13.4. The Morgan fingerprint density at radius 2 is 0.839 bits per heavy atom. The Kier molecular flexibility index (Phi) is 8.65. The van der Waals surface area contributed by atoms with Gasteiger partial charge in [-0.05, 0) is 87.0 Å². The number of hydrogen-bond acceptors (Lipinski definition) is 5. The second-order valence-corrected chi connectivity index (χ2v) is 16.6. The normalized spacial score (nSPS) is 11.5. The van der Waals surface area contributed by atoms with Gasteiger partial charge in [0.25, 0.3) is 0 Å². The highest BCUT2D eigenvalue weighted by Gasteiger charge is 2.20. The molecule has 0 amide bonds. The monoisotopic (exact) mass is 809 g/mol. The van der Waals surface area contributed by atoms with E-state index in [1.165, 1.54) is 31.3 Å². The van der Waals surface area contributed by atoms with Crippen molar-refractivity contribution < 1.29 is 4.42 Å². The maximum atomic E-state index is 6.47. The van der Waals surface area contributed by atoms with Gasteiger partial charge >= 0.3 is 0 Å². The largest absolute Gasteiger partial charge is 0.456 e. The van der Waals surface area contributed by atoms with Crippen molar-refractivity contribution in [3.05, 3.63) is 212 Å². The molecular formula is C57H35N3OS. The molecule has 12 aromatic rings. The molecule has 3 aromatic heterocycles. The smallest absolute Gasteiger partial charge is 0.164 e. The zero-order valence-corrected chi connectivity index (χ0v) is 34.2. The quantitative estimate of drug-likeness (QED) is 0.161. The van der Waals surface area contributed by atoms with Crippen LogP contribution in [0.1, 0.15) is 0 Å². The third-order valence-corrected chi connectivity index (χ3v) is 13.0. The topological polar surface area (TPSA) is 51.8 Å². The number of hydrogen-bond donors (Lipinski definition) is 0. The minimum absolute atomic E-state index is 0.582. The molecule has 0 saturated heterocycles. The average molecular weight is 810 g/mol. The lowest BCUT2D eigenvalue weighted by Crippen LogP contribution is -2.01. The van der Waals surface area contributed by atoms with Crippen LogP contribution in [0.5, 0.6) is 0 Å². The van der Waals surface area contributed by atoms with Crippen molar-refractivity contribution in [3.8, 4) is 78.7 Å². The van der Waals surface area contributed by atoms with E-state index in [1.54, 1.807) is 0 Å². The Morgan fingerprint density at radius 1 is 0.306 bits per heavy atom. The van der Waals surface area contributed by atoms with Gasteiger partial charge in [0.2, 0.25) is 0 Å². The number of fused-ring (bicyclic) bond motifs is 6. The second-order valence-electron chi connectivity index (χ2n) is 15.6. The Balaban J connectivity index is 1.02. The third-order valence-electron chi connectivity index (χ3n) is 11.7. The number of benzene rings is 9. The lowest BCUT2D eigenvalue weighted by atomic mass is 9.94. The van der Waals surface area contributed by atoms with E-state index in [0.717, 1.165) is 72.0 Å². The van der Waals surface area contributed by atoms with Crippen LogP contribution in [0, 0.1) is 0 Å². The van der Waals surface area contributed by atoms with Gasteiger partial charge in [0, 0.05) is 47.6 Å². The maximum absolute atomic E-state index is 6.47. The standard InChI is InChI=1S/C57H35N3OS/c1-4-14-36(15-5-1)41-30-31-50-49(35-41)53-48(23-13-24-51(53)61-50)57-59-55(40-18-8-3-9-19-40)58-56(60-57)44-33-42(37-16-6-2-7-17-37)32-43(34-44)38-26-28-39(29-27-38)45-21-12-22-47-46-20-10-11-25-52(46)62-54(45)47/h1-35H. The van der Waals surface area contributed by atoms with Crippen LogP contribution in [-0.4, -0.2) is 15.0 Å². The van der Waals surface area contributed by atoms with Crippen LogP contribution < -0.4 is 0 Å². The van der Waals surface area contributed by atoms with E-state index in [0.29, 0.717) is 17.5 Å². The lowest BCUT2D eigenvalue weighted by Gasteiger charge is -2.13. The molecule has 3 heterocycles. The molecule has 4 nitrogen and oxygen atoms in total. The second kappa shape index (κ2) is 14.9. The van der Waals surface area contributed by atoms with Gasteiger partial charge in [-0.2, -0.15) is 0 Å². The zero-order valence-electron chi connectivity index (χ0n) is 33.4. The predicted octanol–water partition coefficient (Wildman–Crippen LogP) is 15.8. The fraction of sp³-hybridized carbons (Fsp3) is 0. The minimum atomic E-state index is 0.582. The van der Waals surface area contributed by atoms with E-state index in [-0.39, 0.29) is 0 Å². The first-order chi connectivity index (χ1) is 30.7. The molecule has 0 aliphatic carbocycles. The van der Waals surface area contributed by atoms with Gasteiger partial charge in [-0.1, -0.05) is 170 Å². The van der Waals surface area contributed by atoms with E-state index in [9.17, 15) is 0 Å². The molecule has 5 heteroatoms. The summed E-state index contributed by atoms with van der Waals surface area (Å²) in [4.78, 5) is 15.7. The number of rotatable bonds is 7. The SMILES string of the molecule is c1ccc(-c2cc(-c3ccc(-c4cccc5c4sc4ccccc45)cc3)cc(-c3nc(-c4ccccc4)nc(-c4cccc5oc6ccc(-c7ccccc7)cc6c45)n3)c2)cc1. The molecule has 0 bridgehead atoms. The van der Waals surface area contributed by atoms with Gasteiger partial charge in [-0.3, -0.25) is 0 Å². The minimum Gasteiger partial charge on any atom is -0.456 e. The molecule has 0 spiro atoms. The summed E-state index contributed by atoms with van der Waals surface area (Å²) in [7, 11) is 0. The number of nitrogens with zero attached hydrogens (tertiary/aromatic N) is 3. The zero-order chi connectivity index (χ0) is 41.0. The Labute approximate surface area is 362 Å². The molecule has 0 radical (unpaired) electrons. The van der Waals surface area contributed by atoms with E-state index in [2.05, 4.69) is 176 Å². The molecule has 62 heavy (non-hydrogen) atoms. The highest BCUT2D eigenvalue weighted by atomic mass is 32.1. The van der Waals surface area contributed by atoms with Crippen molar-refractivity contribution in [3.63, 3.8) is 0 Å². The van der Waals surface area contributed by atoms with Crippen molar-refractivity contribution in [2.45, 2.75) is 0 Å². The molecule has 0 N–H and O–H groups in total. The van der Waals surface area contributed by atoms with Gasteiger partial charge in [0.1, 0.15) is 11.2 Å². The molecule has 0 unspecified atom stereocenters. The summed E-state index contributed by atoms with van der Waals surface area (Å²) in [5.74, 6) is 1.78. The maximum Gasteiger partial charge on any atom is 0.164 e. The van der Waals surface area contributed by atoms with E-state index in [4.69, 9.17) is 19.4 Å². The molecule has 0 aliphatic rings. The number of aromatic nitrogens is 3. The molecular weight excluding hydrogens is 775 g/mol. The first-order valence-electron chi connectivity index (χ1n) is 20.7. The van der Waals surface area contributed by atoms with Gasteiger partial charge < -0.3 is 4.42 Å². The summed E-state index contributed by atoms with van der Waals surface area (Å²) < 4.78 is 9.08. The lowest BCUT2D eigenvalue weighted by molar-refractivity contribution is 0.669. The van der Waals surface area contributed by atoms with Crippen molar-refractivity contribution >= 4 is 53.4 Å². The Bertz CT molecular complexity index is 3610. The van der Waals surface area contributed by atoms with E-state index >= 15 is 0 Å². The van der Waals surface area contributed by atoms with Crippen LogP contribution >= 0.6 is 11.3 Å². The summed E-state index contributed by atoms with van der Waals surface area (Å²) in [6, 6.07) is 74.6. The summed E-state index contributed by atoms with van der Waals surface area (Å²) in [6.45, 7) is 0. The Morgan fingerprint density at radius 3 is 1.58 bits per heavy atom. The van der Waals surface area contributed by atoms with E-state index < -0.39 is 0 Å². The van der Waals surface area contributed by atoms with Crippen molar-refractivity contribution in [2.75, 3.05) is 0 Å². The molecule has 290 valence electrons. The van der Waals surface area contributed by atoms with Crippen LogP contribution in [0.2, 0.25) is 0 Å². The highest BCUT2D eigenvalue weighted by Crippen LogP contribution is 2.42. The van der Waals surface area contributed by atoms with Gasteiger partial charge in [-0.15, -0.1) is 11.3 Å². The predicted molar refractivity (Wildman–Crippen MR) is 258 cm³/mol. The van der Waals surface area contributed by atoms with Crippen LogP contribution in [0.25, 0.3) is 121 Å². The molecule has 0 aliphatic heterocycles. The van der Waals surface area contributed by atoms with Crippen molar-refractivity contribution in [1.29, 1.82) is 0 Å². The highest BCUT2D eigenvalue weighted by molar-refractivity contribution is 7.26.